The van der Waals surface area contributed by atoms with Gasteiger partial charge in [0, 0.05) is 17.5 Å². The van der Waals surface area contributed by atoms with Crippen molar-refractivity contribution in [1.82, 2.24) is 5.32 Å². The molecule has 124 valence electrons. The van der Waals surface area contributed by atoms with Gasteiger partial charge in [0.25, 0.3) is 5.91 Å². The first-order chi connectivity index (χ1) is 11.6. The zero-order valence-electron chi connectivity index (χ0n) is 13.7. The molecule has 1 unspecified atom stereocenters. The number of esters is 1. The highest BCUT2D eigenvalue weighted by molar-refractivity contribution is 5.98. The summed E-state index contributed by atoms with van der Waals surface area (Å²) in [5, 5.41) is 3.03. The van der Waals surface area contributed by atoms with E-state index in [0.29, 0.717) is 24.2 Å². The first kappa shape index (κ1) is 16.1. The molecule has 0 saturated carbocycles. The third-order valence-electron chi connectivity index (χ3n) is 4.06. The van der Waals surface area contributed by atoms with Crippen molar-refractivity contribution in [2.24, 2.45) is 0 Å². The Balaban J connectivity index is 1.81. The van der Waals surface area contributed by atoms with Crippen LogP contribution in [0, 0.1) is 6.92 Å². The molecule has 5 nitrogen and oxygen atoms in total. The Labute approximate surface area is 140 Å². The van der Waals surface area contributed by atoms with Gasteiger partial charge in [0.05, 0.1) is 25.3 Å². The van der Waals surface area contributed by atoms with E-state index in [2.05, 4.69) is 5.32 Å². The zero-order valence-corrected chi connectivity index (χ0v) is 13.7. The van der Waals surface area contributed by atoms with Crippen LogP contribution in [0.15, 0.2) is 42.5 Å². The van der Waals surface area contributed by atoms with Crippen LogP contribution in [0.25, 0.3) is 0 Å². The minimum atomic E-state index is -0.461. The maximum Gasteiger partial charge on any atom is 0.337 e. The SMILES string of the molecule is COC(=O)c1cccc(C(=O)NC2CCOc3ccc(C)cc32)c1. The molecule has 5 heteroatoms. The van der Waals surface area contributed by atoms with E-state index in [-0.39, 0.29) is 11.9 Å². The second kappa shape index (κ2) is 6.74. The van der Waals surface area contributed by atoms with E-state index in [0.717, 1.165) is 16.9 Å². The Bertz CT molecular complexity index is 785. The number of carbonyl (C=O) groups is 2. The Hall–Kier alpha value is -2.82. The van der Waals surface area contributed by atoms with Gasteiger partial charge in [-0.15, -0.1) is 0 Å². The van der Waals surface area contributed by atoms with Crippen molar-refractivity contribution in [2.75, 3.05) is 13.7 Å². The Kier molecular flexibility index (Phi) is 4.51. The van der Waals surface area contributed by atoms with Gasteiger partial charge in [0.15, 0.2) is 0 Å². The number of fused-ring (bicyclic) bond motifs is 1. The van der Waals surface area contributed by atoms with E-state index >= 15 is 0 Å². The first-order valence-corrected chi connectivity index (χ1v) is 7.81. The van der Waals surface area contributed by atoms with E-state index in [1.807, 2.05) is 25.1 Å². The molecule has 0 spiro atoms. The van der Waals surface area contributed by atoms with Crippen LogP contribution in [0.4, 0.5) is 0 Å². The molecule has 0 bridgehead atoms. The maximum absolute atomic E-state index is 12.6. The van der Waals surface area contributed by atoms with Crippen molar-refractivity contribution >= 4 is 11.9 Å². The lowest BCUT2D eigenvalue weighted by atomic mass is 9.98. The third-order valence-corrected chi connectivity index (χ3v) is 4.06. The van der Waals surface area contributed by atoms with Crippen LogP contribution in [0.5, 0.6) is 5.75 Å². The topological polar surface area (TPSA) is 64.6 Å². The van der Waals surface area contributed by atoms with Gasteiger partial charge in [-0.2, -0.15) is 0 Å². The monoisotopic (exact) mass is 325 g/mol. The number of nitrogens with one attached hydrogen (secondary N) is 1. The highest BCUT2D eigenvalue weighted by atomic mass is 16.5. The molecular weight excluding hydrogens is 306 g/mol. The quantitative estimate of drug-likeness (QED) is 0.881. The predicted molar refractivity (Wildman–Crippen MR) is 89.3 cm³/mol. The molecule has 24 heavy (non-hydrogen) atoms. The molecule has 0 aliphatic carbocycles. The fraction of sp³-hybridized carbons (Fsp3) is 0.263. The molecule has 1 atom stereocenters. The maximum atomic E-state index is 12.6. The second-order valence-electron chi connectivity index (χ2n) is 5.78. The summed E-state index contributed by atoms with van der Waals surface area (Å²) < 4.78 is 10.3. The van der Waals surface area contributed by atoms with Gasteiger partial charge in [-0.1, -0.05) is 23.8 Å². The lowest BCUT2D eigenvalue weighted by Crippen LogP contribution is -2.32. The number of benzene rings is 2. The van der Waals surface area contributed by atoms with Crippen LogP contribution in [-0.4, -0.2) is 25.6 Å². The number of rotatable bonds is 3. The van der Waals surface area contributed by atoms with Gasteiger partial charge in [0.1, 0.15) is 5.75 Å². The van der Waals surface area contributed by atoms with E-state index < -0.39 is 5.97 Å². The summed E-state index contributed by atoms with van der Waals surface area (Å²) in [6.07, 6.45) is 0.707. The van der Waals surface area contributed by atoms with Gasteiger partial charge in [0.2, 0.25) is 0 Å². The van der Waals surface area contributed by atoms with Crippen molar-refractivity contribution in [3.8, 4) is 5.75 Å². The molecule has 1 aliphatic heterocycles. The number of hydrogen-bond donors (Lipinski definition) is 1. The molecule has 1 amide bonds. The number of methoxy groups -OCH3 is 1. The summed E-state index contributed by atoms with van der Waals surface area (Å²) in [4.78, 5) is 24.2. The van der Waals surface area contributed by atoms with Gasteiger partial charge >= 0.3 is 5.97 Å². The van der Waals surface area contributed by atoms with E-state index in [1.54, 1.807) is 18.2 Å². The predicted octanol–water partition coefficient (Wildman–Crippen LogP) is 3.04. The smallest absolute Gasteiger partial charge is 0.337 e. The molecule has 1 aliphatic rings. The van der Waals surface area contributed by atoms with E-state index in [1.165, 1.54) is 13.2 Å². The zero-order chi connectivity index (χ0) is 17.1. The summed E-state index contributed by atoms with van der Waals surface area (Å²) in [5.41, 5.74) is 2.89. The summed E-state index contributed by atoms with van der Waals surface area (Å²) in [6, 6.07) is 12.4. The Morgan fingerprint density at radius 3 is 2.75 bits per heavy atom. The molecule has 3 rings (SSSR count). The van der Waals surface area contributed by atoms with Gasteiger partial charge in [-0.25, -0.2) is 4.79 Å². The Morgan fingerprint density at radius 2 is 1.96 bits per heavy atom. The number of ether oxygens (including phenoxy) is 2. The average molecular weight is 325 g/mol. The summed E-state index contributed by atoms with van der Waals surface area (Å²) in [5.74, 6) is 0.122. The average Bonchev–Trinajstić information content (AvgIpc) is 2.61. The van der Waals surface area contributed by atoms with Crippen molar-refractivity contribution in [2.45, 2.75) is 19.4 Å². The molecule has 2 aromatic rings. The fourth-order valence-corrected chi connectivity index (χ4v) is 2.81. The van der Waals surface area contributed by atoms with Gasteiger partial charge in [-0.05, 0) is 31.2 Å². The molecular formula is C19H19NO4. The molecule has 0 aromatic heterocycles. The van der Waals surface area contributed by atoms with Crippen molar-refractivity contribution in [1.29, 1.82) is 0 Å². The van der Waals surface area contributed by atoms with Crippen LogP contribution in [-0.2, 0) is 4.74 Å². The van der Waals surface area contributed by atoms with Gasteiger partial charge in [-0.3, -0.25) is 4.79 Å². The largest absolute Gasteiger partial charge is 0.493 e. The highest BCUT2D eigenvalue weighted by Crippen LogP contribution is 2.32. The van der Waals surface area contributed by atoms with Crippen molar-refractivity contribution < 1.29 is 19.1 Å². The fourth-order valence-electron chi connectivity index (χ4n) is 2.81. The Morgan fingerprint density at radius 1 is 1.17 bits per heavy atom. The normalized spacial score (nSPS) is 15.8. The van der Waals surface area contributed by atoms with Crippen LogP contribution in [0.2, 0.25) is 0 Å². The first-order valence-electron chi connectivity index (χ1n) is 7.81. The minimum Gasteiger partial charge on any atom is -0.493 e. The lowest BCUT2D eigenvalue weighted by molar-refractivity contribution is 0.0600. The second-order valence-corrected chi connectivity index (χ2v) is 5.78. The molecule has 0 fully saturated rings. The van der Waals surface area contributed by atoms with Gasteiger partial charge < -0.3 is 14.8 Å². The highest BCUT2D eigenvalue weighted by Gasteiger charge is 2.23. The van der Waals surface area contributed by atoms with Crippen LogP contribution >= 0.6 is 0 Å². The van der Waals surface area contributed by atoms with Crippen LogP contribution in [0.3, 0.4) is 0 Å². The number of amides is 1. The molecule has 1 N–H and O–H groups in total. The van der Waals surface area contributed by atoms with E-state index in [4.69, 9.17) is 9.47 Å². The third kappa shape index (κ3) is 3.25. The molecule has 1 heterocycles. The number of carbonyl (C=O) groups excluding carboxylic acids is 2. The molecule has 2 aromatic carbocycles. The number of hydrogen-bond acceptors (Lipinski definition) is 4. The standard InChI is InChI=1S/C19H19NO4/c1-12-6-7-17-15(10-12)16(8-9-24-17)20-18(21)13-4-3-5-14(11-13)19(22)23-2/h3-7,10-11,16H,8-9H2,1-2H3,(H,20,21). The minimum absolute atomic E-state index is 0.108. The summed E-state index contributed by atoms with van der Waals surface area (Å²) in [7, 11) is 1.32. The lowest BCUT2D eigenvalue weighted by Gasteiger charge is -2.27. The van der Waals surface area contributed by atoms with E-state index in [9.17, 15) is 9.59 Å². The van der Waals surface area contributed by atoms with Crippen molar-refractivity contribution in [3.63, 3.8) is 0 Å². The summed E-state index contributed by atoms with van der Waals surface area (Å²) in [6.45, 7) is 2.57. The number of aryl methyl sites for hydroxylation is 1. The molecule has 0 saturated heterocycles. The van der Waals surface area contributed by atoms with Crippen molar-refractivity contribution in [3.05, 3.63) is 64.7 Å². The van der Waals surface area contributed by atoms with Crippen LogP contribution in [0.1, 0.15) is 44.3 Å². The molecule has 0 radical (unpaired) electrons. The summed E-state index contributed by atoms with van der Waals surface area (Å²) >= 11 is 0. The van der Waals surface area contributed by atoms with Crippen LogP contribution < -0.4 is 10.1 Å².